The first kappa shape index (κ1) is 8.27. The van der Waals surface area contributed by atoms with Crippen molar-refractivity contribution in [2.24, 2.45) is 0 Å². The largest absolute Gasteiger partial charge is 0.356 e. The molecular weight excluding hydrogens is 158 g/mol. The Balaban J connectivity index is 2.19. The van der Waals surface area contributed by atoms with Gasteiger partial charge in [-0.3, -0.25) is 4.79 Å². The van der Waals surface area contributed by atoms with Crippen molar-refractivity contribution >= 4 is 17.2 Å². The molecule has 0 saturated carbocycles. The van der Waals surface area contributed by atoms with Crippen LogP contribution in [0, 0.1) is 0 Å². The molecular formula is C8H11NOS. The molecule has 1 aromatic rings. The van der Waals surface area contributed by atoms with E-state index in [1.165, 1.54) is 12.5 Å². The highest BCUT2D eigenvalue weighted by Crippen LogP contribution is 2.05. The third kappa shape index (κ3) is 3.18. The van der Waals surface area contributed by atoms with Crippen LogP contribution in [0.3, 0.4) is 0 Å². The van der Waals surface area contributed by atoms with Crippen molar-refractivity contribution in [3.05, 3.63) is 22.4 Å². The lowest BCUT2D eigenvalue weighted by Crippen LogP contribution is -2.22. The van der Waals surface area contributed by atoms with Gasteiger partial charge in [0.1, 0.15) is 0 Å². The predicted octanol–water partition coefficient (Wildman–Crippen LogP) is 1.43. The molecule has 0 aliphatic rings. The maximum absolute atomic E-state index is 10.5. The van der Waals surface area contributed by atoms with Gasteiger partial charge in [-0.2, -0.15) is 11.3 Å². The Morgan fingerprint density at radius 3 is 3.09 bits per heavy atom. The van der Waals surface area contributed by atoms with E-state index in [1.807, 2.05) is 5.38 Å². The molecule has 0 bridgehead atoms. The molecule has 3 heteroatoms. The average Bonchev–Trinajstić information content (AvgIpc) is 2.39. The molecule has 0 unspecified atom stereocenters. The van der Waals surface area contributed by atoms with Gasteiger partial charge in [0.15, 0.2) is 0 Å². The summed E-state index contributed by atoms with van der Waals surface area (Å²) >= 11 is 1.69. The van der Waals surface area contributed by atoms with Gasteiger partial charge in [0.25, 0.3) is 0 Å². The highest BCUT2D eigenvalue weighted by molar-refractivity contribution is 7.07. The Morgan fingerprint density at radius 2 is 2.55 bits per heavy atom. The number of carbonyl (C=O) groups excluding carboxylic acids is 1. The predicted molar refractivity (Wildman–Crippen MR) is 46.7 cm³/mol. The maximum atomic E-state index is 10.5. The first-order valence-corrected chi connectivity index (χ1v) is 4.49. The molecule has 60 valence electrons. The molecule has 1 amide bonds. The number of rotatable bonds is 3. The summed E-state index contributed by atoms with van der Waals surface area (Å²) in [5.41, 5.74) is 1.30. The first-order chi connectivity index (χ1) is 5.29. The van der Waals surface area contributed by atoms with Crippen LogP contribution in [0.5, 0.6) is 0 Å². The summed E-state index contributed by atoms with van der Waals surface area (Å²) in [4.78, 5) is 10.5. The van der Waals surface area contributed by atoms with E-state index < -0.39 is 0 Å². The lowest BCUT2D eigenvalue weighted by atomic mass is 10.2. The second kappa shape index (κ2) is 4.13. The monoisotopic (exact) mass is 169 g/mol. The third-order valence-electron chi connectivity index (χ3n) is 1.37. The first-order valence-electron chi connectivity index (χ1n) is 3.54. The highest BCUT2D eigenvalue weighted by Gasteiger charge is 1.93. The molecule has 1 heterocycles. The third-order valence-corrected chi connectivity index (χ3v) is 2.10. The zero-order chi connectivity index (χ0) is 8.10. The van der Waals surface area contributed by atoms with E-state index in [4.69, 9.17) is 0 Å². The van der Waals surface area contributed by atoms with Crippen LogP contribution < -0.4 is 5.32 Å². The molecule has 1 N–H and O–H groups in total. The Bertz CT molecular complexity index is 218. The van der Waals surface area contributed by atoms with Gasteiger partial charge >= 0.3 is 0 Å². The number of thiophene rings is 1. The summed E-state index contributed by atoms with van der Waals surface area (Å²) in [7, 11) is 0. The normalized spacial score (nSPS) is 9.55. The molecule has 1 rings (SSSR count). The summed E-state index contributed by atoms with van der Waals surface area (Å²) in [5.74, 6) is 0.0419. The molecule has 0 aliphatic carbocycles. The summed E-state index contributed by atoms with van der Waals surface area (Å²) in [6.45, 7) is 2.28. The van der Waals surface area contributed by atoms with E-state index in [1.54, 1.807) is 11.3 Å². The molecule has 0 saturated heterocycles. The van der Waals surface area contributed by atoms with E-state index in [0.29, 0.717) is 0 Å². The van der Waals surface area contributed by atoms with Gasteiger partial charge in [-0.05, 0) is 28.8 Å². The lowest BCUT2D eigenvalue weighted by molar-refractivity contribution is -0.118. The zero-order valence-corrected chi connectivity index (χ0v) is 7.28. The average molecular weight is 169 g/mol. The Labute approximate surface area is 70.2 Å². The number of hydrogen-bond donors (Lipinski definition) is 1. The smallest absolute Gasteiger partial charge is 0.216 e. The highest BCUT2D eigenvalue weighted by atomic mass is 32.1. The maximum Gasteiger partial charge on any atom is 0.216 e. The quantitative estimate of drug-likeness (QED) is 0.728. The Kier molecular flexibility index (Phi) is 3.11. The van der Waals surface area contributed by atoms with Crippen LogP contribution in [-0.2, 0) is 11.2 Å². The van der Waals surface area contributed by atoms with E-state index in [-0.39, 0.29) is 5.91 Å². The van der Waals surface area contributed by atoms with Gasteiger partial charge in [-0.15, -0.1) is 0 Å². The van der Waals surface area contributed by atoms with Crippen LogP contribution in [0.25, 0.3) is 0 Å². The van der Waals surface area contributed by atoms with Crippen LogP contribution >= 0.6 is 11.3 Å². The minimum atomic E-state index is 0.0419. The number of carbonyl (C=O) groups is 1. The van der Waals surface area contributed by atoms with E-state index in [9.17, 15) is 4.79 Å². The molecule has 0 atom stereocenters. The van der Waals surface area contributed by atoms with Gasteiger partial charge in [0.05, 0.1) is 0 Å². The van der Waals surface area contributed by atoms with Crippen molar-refractivity contribution in [3.8, 4) is 0 Å². The Hall–Kier alpha value is -0.830. The molecule has 2 nitrogen and oxygen atoms in total. The molecule has 0 spiro atoms. The van der Waals surface area contributed by atoms with E-state index in [2.05, 4.69) is 16.8 Å². The van der Waals surface area contributed by atoms with Gasteiger partial charge in [-0.25, -0.2) is 0 Å². The van der Waals surface area contributed by atoms with Crippen molar-refractivity contribution in [3.63, 3.8) is 0 Å². The van der Waals surface area contributed by atoms with Crippen LogP contribution in [0.1, 0.15) is 12.5 Å². The van der Waals surface area contributed by atoms with Crippen LogP contribution in [0.15, 0.2) is 16.8 Å². The van der Waals surface area contributed by atoms with Crippen molar-refractivity contribution in [1.29, 1.82) is 0 Å². The number of amides is 1. The fourth-order valence-electron chi connectivity index (χ4n) is 0.818. The van der Waals surface area contributed by atoms with Crippen LogP contribution in [-0.4, -0.2) is 12.5 Å². The SMILES string of the molecule is CC(=O)NCCc1ccsc1. The second-order valence-electron chi connectivity index (χ2n) is 2.36. The molecule has 0 aliphatic heterocycles. The van der Waals surface area contributed by atoms with Gasteiger partial charge in [0, 0.05) is 13.5 Å². The van der Waals surface area contributed by atoms with Crippen molar-refractivity contribution in [2.75, 3.05) is 6.54 Å². The van der Waals surface area contributed by atoms with Gasteiger partial charge < -0.3 is 5.32 Å². The molecule has 0 aromatic carbocycles. The summed E-state index contributed by atoms with van der Waals surface area (Å²) < 4.78 is 0. The summed E-state index contributed by atoms with van der Waals surface area (Å²) in [5, 5.41) is 6.89. The standard InChI is InChI=1S/C8H11NOS/c1-7(10)9-4-2-8-3-5-11-6-8/h3,5-6H,2,4H2,1H3,(H,9,10). The van der Waals surface area contributed by atoms with E-state index in [0.717, 1.165) is 13.0 Å². The summed E-state index contributed by atoms with van der Waals surface area (Å²) in [6, 6.07) is 2.08. The fraction of sp³-hybridized carbons (Fsp3) is 0.375. The topological polar surface area (TPSA) is 29.1 Å². The van der Waals surface area contributed by atoms with Crippen LogP contribution in [0.2, 0.25) is 0 Å². The molecule has 0 fully saturated rings. The van der Waals surface area contributed by atoms with Crippen molar-refractivity contribution in [2.45, 2.75) is 13.3 Å². The minimum absolute atomic E-state index is 0.0419. The van der Waals surface area contributed by atoms with Crippen molar-refractivity contribution < 1.29 is 4.79 Å². The Morgan fingerprint density at radius 1 is 1.73 bits per heavy atom. The number of nitrogens with one attached hydrogen (secondary N) is 1. The molecule has 1 aromatic heterocycles. The molecule has 11 heavy (non-hydrogen) atoms. The zero-order valence-electron chi connectivity index (χ0n) is 6.46. The molecule has 0 radical (unpaired) electrons. The second-order valence-corrected chi connectivity index (χ2v) is 3.14. The van der Waals surface area contributed by atoms with Crippen LogP contribution in [0.4, 0.5) is 0 Å². The van der Waals surface area contributed by atoms with Crippen molar-refractivity contribution in [1.82, 2.24) is 5.32 Å². The fourth-order valence-corrected chi connectivity index (χ4v) is 1.52. The number of hydrogen-bond acceptors (Lipinski definition) is 2. The lowest BCUT2D eigenvalue weighted by Gasteiger charge is -1.98. The summed E-state index contributed by atoms with van der Waals surface area (Å²) in [6.07, 6.45) is 0.934. The van der Waals surface area contributed by atoms with E-state index >= 15 is 0 Å². The van der Waals surface area contributed by atoms with Gasteiger partial charge in [0.2, 0.25) is 5.91 Å². The van der Waals surface area contributed by atoms with Gasteiger partial charge in [-0.1, -0.05) is 0 Å². The minimum Gasteiger partial charge on any atom is -0.356 e.